The summed E-state index contributed by atoms with van der Waals surface area (Å²) in [6.45, 7) is 4.26. The molecule has 0 aromatic carbocycles. The minimum Gasteiger partial charge on any atom is -0.480 e. The number of hydrogen-bond acceptors (Lipinski definition) is 4. The van der Waals surface area contributed by atoms with Crippen LogP contribution in [0.5, 0.6) is 0 Å². The number of amides is 1. The van der Waals surface area contributed by atoms with Crippen LogP contribution in [0.4, 0.5) is 0 Å². The standard InChI is InChI=1S/C47H91NO5/c1-3-5-7-9-11-13-15-17-18-19-20-21-23-25-27-29-34-38-42-47(52)53-44(40-36-32-30-33-37-41-45(49)48-43-46(50)51)39-35-31-28-26-24-22-16-14-12-10-8-6-4-2/h44H,3-43H2,1-2H3,(H,48,49)(H,50,51). The fourth-order valence-electron chi connectivity index (χ4n) is 7.52. The van der Waals surface area contributed by atoms with Gasteiger partial charge in [-0.05, 0) is 38.5 Å². The summed E-state index contributed by atoms with van der Waals surface area (Å²) in [5.74, 6) is -1.21. The maximum Gasteiger partial charge on any atom is 0.322 e. The quantitative estimate of drug-likeness (QED) is 0.0478. The van der Waals surface area contributed by atoms with Crippen molar-refractivity contribution in [2.75, 3.05) is 6.54 Å². The predicted molar refractivity (Wildman–Crippen MR) is 227 cm³/mol. The third-order valence-electron chi connectivity index (χ3n) is 11.0. The van der Waals surface area contributed by atoms with E-state index >= 15 is 0 Å². The van der Waals surface area contributed by atoms with Gasteiger partial charge in [-0.1, -0.05) is 219 Å². The summed E-state index contributed by atoms with van der Waals surface area (Å²) in [4.78, 5) is 35.1. The molecule has 0 aliphatic carbocycles. The lowest BCUT2D eigenvalue weighted by Gasteiger charge is -2.18. The van der Waals surface area contributed by atoms with Crippen LogP contribution in [0.15, 0.2) is 0 Å². The second-order valence-corrected chi connectivity index (χ2v) is 16.4. The van der Waals surface area contributed by atoms with Gasteiger partial charge in [-0.2, -0.15) is 0 Å². The summed E-state index contributed by atoms with van der Waals surface area (Å²) in [7, 11) is 0. The van der Waals surface area contributed by atoms with Crippen molar-refractivity contribution in [2.45, 2.75) is 277 Å². The molecule has 2 N–H and O–H groups in total. The molecule has 0 saturated heterocycles. The number of unbranched alkanes of at least 4 members (excludes halogenated alkanes) is 33. The number of rotatable bonds is 44. The number of ether oxygens (including phenoxy) is 1. The van der Waals surface area contributed by atoms with Crippen molar-refractivity contribution in [2.24, 2.45) is 0 Å². The molecule has 0 fully saturated rings. The van der Waals surface area contributed by atoms with Gasteiger partial charge >= 0.3 is 11.9 Å². The highest BCUT2D eigenvalue weighted by Crippen LogP contribution is 2.20. The van der Waals surface area contributed by atoms with Crippen LogP contribution in [0.25, 0.3) is 0 Å². The number of carboxylic acids is 1. The molecule has 0 bridgehead atoms. The van der Waals surface area contributed by atoms with E-state index in [1.165, 1.54) is 180 Å². The number of carbonyl (C=O) groups excluding carboxylic acids is 2. The van der Waals surface area contributed by atoms with E-state index in [1.807, 2.05) is 0 Å². The Morgan fingerprint density at radius 3 is 1.02 bits per heavy atom. The molecule has 6 nitrogen and oxygen atoms in total. The Kier molecular flexibility index (Phi) is 41.8. The molecule has 0 aromatic heterocycles. The Bertz CT molecular complexity index is 787. The smallest absolute Gasteiger partial charge is 0.322 e. The zero-order valence-electron chi connectivity index (χ0n) is 35.6. The third-order valence-corrected chi connectivity index (χ3v) is 11.0. The molecule has 0 heterocycles. The molecule has 0 aliphatic rings. The molecule has 1 amide bonds. The van der Waals surface area contributed by atoms with Crippen LogP contribution in [-0.4, -0.2) is 35.6 Å². The van der Waals surface area contributed by atoms with Crippen molar-refractivity contribution in [1.29, 1.82) is 0 Å². The van der Waals surface area contributed by atoms with E-state index in [1.54, 1.807) is 0 Å². The van der Waals surface area contributed by atoms with E-state index in [0.717, 1.165) is 64.2 Å². The van der Waals surface area contributed by atoms with Gasteiger partial charge in [-0.3, -0.25) is 14.4 Å². The lowest BCUT2D eigenvalue weighted by Crippen LogP contribution is -2.28. The van der Waals surface area contributed by atoms with Crippen molar-refractivity contribution in [3.05, 3.63) is 0 Å². The van der Waals surface area contributed by atoms with Gasteiger partial charge in [0, 0.05) is 12.8 Å². The van der Waals surface area contributed by atoms with E-state index in [4.69, 9.17) is 9.84 Å². The van der Waals surface area contributed by atoms with Gasteiger partial charge in [0.05, 0.1) is 0 Å². The van der Waals surface area contributed by atoms with Crippen LogP contribution in [0.1, 0.15) is 271 Å². The van der Waals surface area contributed by atoms with Crippen LogP contribution in [-0.2, 0) is 19.1 Å². The average molecular weight is 750 g/mol. The van der Waals surface area contributed by atoms with Crippen molar-refractivity contribution in [3.8, 4) is 0 Å². The van der Waals surface area contributed by atoms with Crippen molar-refractivity contribution < 1.29 is 24.2 Å². The van der Waals surface area contributed by atoms with E-state index in [2.05, 4.69) is 19.2 Å². The van der Waals surface area contributed by atoms with E-state index in [-0.39, 0.29) is 24.5 Å². The predicted octanol–water partition coefficient (Wildman–Crippen LogP) is 14.7. The Morgan fingerprint density at radius 1 is 0.415 bits per heavy atom. The molecule has 0 aliphatic heterocycles. The molecular formula is C47H91NO5. The van der Waals surface area contributed by atoms with Crippen LogP contribution in [0, 0.1) is 0 Å². The zero-order valence-corrected chi connectivity index (χ0v) is 35.6. The van der Waals surface area contributed by atoms with Gasteiger partial charge in [-0.25, -0.2) is 0 Å². The molecule has 6 heteroatoms. The second-order valence-electron chi connectivity index (χ2n) is 16.4. The Labute approximate surface area is 329 Å². The minimum absolute atomic E-state index is 0.00596. The summed E-state index contributed by atoms with van der Waals surface area (Å²) in [5.41, 5.74) is 0. The summed E-state index contributed by atoms with van der Waals surface area (Å²) >= 11 is 0. The van der Waals surface area contributed by atoms with Gasteiger partial charge < -0.3 is 15.2 Å². The highest BCUT2D eigenvalue weighted by Gasteiger charge is 2.14. The normalized spacial score (nSPS) is 11.9. The van der Waals surface area contributed by atoms with Crippen LogP contribution in [0.3, 0.4) is 0 Å². The van der Waals surface area contributed by atoms with Gasteiger partial charge in [0.1, 0.15) is 12.6 Å². The van der Waals surface area contributed by atoms with Gasteiger partial charge in [-0.15, -0.1) is 0 Å². The zero-order chi connectivity index (χ0) is 38.7. The first-order valence-electron chi connectivity index (χ1n) is 23.7. The number of nitrogens with one attached hydrogen (secondary N) is 1. The lowest BCUT2D eigenvalue weighted by molar-refractivity contribution is -0.150. The molecule has 314 valence electrons. The van der Waals surface area contributed by atoms with Gasteiger partial charge in [0.2, 0.25) is 5.91 Å². The number of carboxylic acid groups (broad SMARTS) is 1. The SMILES string of the molecule is CCCCCCCCCCCCCCCCCCCCC(=O)OC(CCCCCCCCCCCCCCC)CCCCCCCC(=O)NCC(=O)O. The van der Waals surface area contributed by atoms with Gasteiger partial charge in [0.25, 0.3) is 0 Å². The molecule has 0 rings (SSSR count). The van der Waals surface area contributed by atoms with Crippen LogP contribution < -0.4 is 5.32 Å². The lowest BCUT2D eigenvalue weighted by atomic mass is 10.0. The largest absolute Gasteiger partial charge is 0.480 e. The molecule has 0 saturated carbocycles. The maximum atomic E-state index is 12.8. The molecule has 53 heavy (non-hydrogen) atoms. The molecule has 0 radical (unpaired) electrons. The van der Waals surface area contributed by atoms with Crippen molar-refractivity contribution in [3.63, 3.8) is 0 Å². The van der Waals surface area contributed by atoms with Crippen LogP contribution >= 0.6 is 0 Å². The fourth-order valence-corrected chi connectivity index (χ4v) is 7.52. The minimum atomic E-state index is -1.01. The fraction of sp³-hybridized carbons (Fsp3) is 0.936. The number of hydrogen-bond donors (Lipinski definition) is 2. The number of esters is 1. The molecule has 0 spiro atoms. The maximum absolute atomic E-state index is 12.8. The number of carbonyl (C=O) groups is 3. The first-order chi connectivity index (χ1) is 26.0. The second kappa shape index (κ2) is 43.1. The Morgan fingerprint density at radius 2 is 0.698 bits per heavy atom. The van der Waals surface area contributed by atoms with Gasteiger partial charge in [0.15, 0.2) is 0 Å². The molecule has 1 unspecified atom stereocenters. The van der Waals surface area contributed by atoms with E-state index in [9.17, 15) is 14.4 Å². The van der Waals surface area contributed by atoms with Crippen LogP contribution in [0.2, 0.25) is 0 Å². The summed E-state index contributed by atoms with van der Waals surface area (Å²) in [6.07, 6.45) is 49.5. The first kappa shape index (κ1) is 51.4. The van der Waals surface area contributed by atoms with Crippen molar-refractivity contribution in [1.82, 2.24) is 5.32 Å². The monoisotopic (exact) mass is 750 g/mol. The summed E-state index contributed by atoms with van der Waals surface area (Å²) < 4.78 is 6.06. The van der Waals surface area contributed by atoms with Crippen molar-refractivity contribution >= 4 is 17.8 Å². The van der Waals surface area contributed by atoms with E-state index in [0.29, 0.717) is 12.8 Å². The third kappa shape index (κ3) is 43.0. The summed E-state index contributed by atoms with van der Waals surface area (Å²) in [6, 6.07) is 0. The number of aliphatic carboxylic acids is 1. The van der Waals surface area contributed by atoms with E-state index < -0.39 is 5.97 Å². The summed E-state index contributed by atoms with van der Waals surface area (Å²) in [5, 5.41) is 11.1. The topological polar surface area (TPSA) is 92.7 Å². The first-order valence-corrected chi connectivity index (χ1v) is 23.7. The average Bonchev–Trinajstić information content (AvgIpc) is 3.14. The molecule has 1 atom stereocenters. The highest BCUT2D eigenvalue weighted by molar-refractivity contribution is 5.80. The molecule has 0 aromatic rings. The Balaban J connectivity index is 4.06. The Hall–Kier alpha value is -1.59. The molecular weight excluding hydrogens is 659 g/mol. The highest BCUT2D eigenvalue weighted by atomic mass is 16.5.